The van der Waals surface area contributed by atoms with Crippen molar-refractivity contribution in [3.05, 3.63) is 12.4 Å². The second-order valence-electron chi connectivity index (χ2n) is 9.33. The Balaban J connectivity index is 1.73. The molecule has 2 N–H and O–H groups in total. The van der Waals surface area contributed by atoms with Gasteiger partial charge in [-0.1, -0.05) is 0 Å². The lowest BCUT2D eigenvalue weighted by Crippen LogP contribution is -2.46. The number of hydrogen-bond acceptors (Lipinski definition) is 8. The molecule has 0 unspecified atom stereocenters. The van der Waals surface area contributed by atoms with Crippen molar-refractivity contribution in [2.75, 3.05) is 24.6 Å². The lowest BCUT2D eigenvalue weighted by Gasteiger charge is -2.33. The monoisotopic (exact) mass is 420 g/mol. The number of carbonyl (C=O) groups is 1. The molecule has 0 aliphatic carbocycles. The third-order valence-electron chi connectivity index (χ3n) is 6.30. The molecular formula is C20H33BN4O5. The number of aliphatic hydroxyl groups is 2. The minimum absolute atomic E-state index is 0.0301. The summed E-state index contributed by atoms with van der Waals surface area (Å²) in [6.45, 7) is 12.5. The van der Waals surface area contributed by atoms with Gasteiger partial charge in [0.1, 0.15) is 0 Å². The molecule has 2 aliphatic heterocycles. The minimum atomic E-state index is -1.37. The molecule has 0 saturated carbocycles. The highest BCUT2D eigenvalue weighted by Gasteiger charge is 2.52. The van der Waals surface area contributed by atoms with E-state index in [1.165, 1.54) is 0 Å². The Kier molecular flexibility index (Phi) is 6.43. The highest BCUT2D eigenvalue weighted by atomic mass is 16.7. The third-order valence-corrected chi connectivity index (χ3v) is 6.30. The fourth-order valence-electron chi connectivity index (χ4n) is 3.84. The van der Waals surface area contributed by atoms with Gasteiger partial charge in [0, 0.05) is 37.0 Å². The van der Waals surface area contributed by atoms with Crippen molar-refractivity contribution < 1.29 is 24.3 Å². The van der Waals surface area contributed by atoms with Gasteiger partial charge in [-0.05, 0) is 48.0 Å². The highest BCUT2D eigenvalue weighted by molar-refractivity contribution is 6.61. The van der Waals surface area contributed by atoms with Crippen LogP contribution in [0, 0.1) is 0 Å². The fourth-order valence-corrected chi connectivity index (χ4v) is 3.84. The first-order valence-corrected chi connectivity index (χ1v) is 10.5. The molecule has 2 aliphatic rings. The first-order valence-electron chi connectivity index (χ1n) is 10.5. The number of rotatable bonds is 6. The average Bonchev–Trinajstić information content (AvgIpc) is 3.23. The number of amides is 1. The standard InChI is InChI=1S/C20H33BN4O5/c1-13(2)25(15-7-8-24(11-15)17(28)16(27)12-26)18-22-9-14(10-23-18)21-29-19(3,4)20(5,6)30-21/h9-10,13,15-16,26-27H,7-8,11-12H2,1-6H3/t15-,16-/m1/s1. The van der Waals surface area contributed by atoms with Crippen molar-refractivity contribution in [1.29, 1.82) is 0 Å². The third kappa shape index (κ3) is 4.32. The molecule has 9 nitrogen and oxygen atoms in total. The van der Waals surface area contributed by atoms with Gasteiger partial charge in [-0.2, -0.15) is 0 Å². The number of likely N-dealkylation sites (tertiary alicyclic amines) is 1. The molecule has 0 bridgehead atoms. The molecule has 3 heterocycles. The van der Waals surface area contributed by atoms with Crippen LogP contribution in [0.15, 0.2) is 12.4 Å². The summed E-state index contributed by atoms with van der Waals surface area (Å²) < 4.78 is 12.1. The molecule has 1 amide bonds. The number of aliphatic hydroxyl groups excluding tert-OH is 2. The molecule has 30 heavy (non-hydrogen) atoms. The van der Waals surface area contributed by atoms with E-state index in [-0.39, 0.29) is 12.1 Å². The van der Waals surface area contributed by atoms with Gasteiger partial charge in [-0.25, -0.2) is 9.97 Å². The Hall–Kier alpha value is -1.75. The topological polar surface area (TPSA) is 108 Å². The van der Waals surface area contributed by atoms with Crippen LogP contribution in [0.4, 0.5) is 5.95 Å². The molecule has 3 rings (SSSR count). The maximum atomic E-state index is 12.2. The van der Waals surface area contributed by atoms with E-state index in [9.17, 15) is 9.90 Å². The number of nitrogens with zero attached hydrogens (tertiary/aromatic N) is 4. The minimum Gasteiger partial charge on any atom is -0.399 e. The molecule has 2 saturated heterocycles. The second-order valence-corrected chi connectivity index (χ2v) is 9.33. The van der Waals surface area contributed by atoms with Crippen LogP contribution in [0.3, 0.4) is 0 Å². The van der Waals surface area contributed by atoms with Crippen LogP contribution in [0.1, 0.15) is 48.0 Å². The number of aromatic nitrogens is 2. The second kappa shape index (κ2) is 8.41. The maximum absolute atomic E-state index is 12.2. The molecule has 1 aromatic rings. The van der Waals surface area contributed by atoms with Gasteiger partial charge in [0.15, 0.2) is 6.10 Å². The SMILES string of the molecule is CC(C)N(c1ncc(B2OC(C)(C)C(C)(C)O2)cn1)[C@@H]1CCN(C(=O)[C@H](O)CO)C1. The molecule has 2 fully saturated rings. The van der Waals surface area contributed by atoms with Gasteiger partial charge in [-0.3, -0.25) is 4.79 Å². The van der Waals surface area contributed by atoms with Gasteiger partial charge < -0.3 is 29.3 Å². The molecule has 2 atom stereocenters. The molecular weight excluding hydrogens is 387 g/mol. The van der Waals surface area contributed by atoms with Crippen LogP contribution < -0.4 is 10.4 Å². The average molecular weight is 420 g/mol. The molecule has 10 heteroatoms. The van der Waals surface area contributed by atoms with Crippen LogP contribution in [0.25, 0.3) is 0 Å². The molecule has 0 spiro atoms. The number of hydrogen-bond donors (Lipinski definition) is 2. The molecule has 0 radical (unpaired) electrons. The van der Waals surface area contributed by atoms with E-state index in [0.29, 0.717) is 19.0 Å². The van der Waals surface area contributed by atoms with Gasteiger partial charge in [-0.15, -0.1) is 0 Å². The zero-order chi connectivity index (χ0) is 22.3. The first-order chi connectivity index (χ1) is 14.0. The van der Waals surface area contributed by atoms with E-state index in [2.05, 4.69) is 28.7 Å². The lowest BCUT2D eigenvalue weighted by molar-refractivity contribution is -0.141. The first kappa shape index (κ1) is 22.9. The maximum Gasteiger partial charge on any atom is 0.498 e. The van der Waals surface area contributed by atoms with Crippen molar-refractivity contribution in [1.82, 2.24) is 14.9 Å². The fraction of sp³-hybridized carbons (Fsp3) is 0.750. The van der Waals surface area contributed by atoms with Crippen molar-refractivity contribution in [3.8, 4) is 0 Å². The van der Waals surface area contributed by atoms with Crippen LogP contribution in [0.5, 0.6) is 0 Å². The van der Waals surface area contributed by atoms with Gasteiger partial charge in [0.25, 0.3) is 5.91 Å². The summed E-state index contributed by atoms with van der Waals surface area (Å²) in [5, 5.41) is 18.7. The van der Waals surface area contributed by atoms with Gasteiger partial charge in [0.2, 0.25) is 5.95 Å². The number of carbonyl (C=O) groups excluding carboxylic acids is 1. The Morgan fingerprint density at radius 1 is 1.27 bits per heavy atom. The predicted octanol–water partition coefficient (Wildman–Crippen LogP) is -0.0553. The van der Waals surface area contributed by atoms with Crippen molar-refractivity contribution in [2.45, 2.75) is 77.4 Å². The van der Waals surface area contributed by atoms with E-state index < -0.39 is 36.9 Å². The van der Waals surface area contributed by atoms with E-state index in [4.69, 9.17) is 14.4 Å². The van der Waals surface area contributed by atoms with Crippen LogP contribution in [-0.4, -0.2) is 87.2 Å². The summed E-state index contributed by atoms with van der Waals surface area (Å²) in [5.41, 5.74) is -0.103. The Morgan fingerprint density at radius 3 is 2.33 bits per heavy atom. The van der Waals surface area contributed by atoms with Crippen molar-refractivity contribution in [3.63, 3.8) is 0 Å². The van der Waals surface area contributed by atoms with Crippen molar-refractivity contribution >= 4 is 24.4 Å². The van der Waals surface area contributed by atoms with Crippen molar-refractivity contribution in [2.24, 2.45) is 0 Å². The van der Waals surface area contributed by atoms with E-state index >= 15 is 0 Å². The summed E-state index contributed by atoms with van der Waals surface area (Å²) in [6, 6.07) is 0.151. The van der Waals surface area contributed by atoms with E-state index in [1.807, 2.05) is 27.7 Å². The Labute approximate surface area is 178 Å². The Morgan fingerprint density at radius 2 is 1.83 bits per heavy atom. The molecule has 0 aromatic carbocycles. The zero-order valence-corrected chi connectivity index (χ0v) is 18.7. The van der Waals surface area contributed by atoms with Gasteiger partial charge in [0.05, 0.1) is 23.9 Å². The van der Waals surface area contributed by atoms with Crippen LogP contribution in [-0.2, 0) is 14.1 Å². The van der Waals surface area contributed by atoms with E-state index in [1.54, 1.807) is 17.3 Å². The summed E-state index contributed by atoms with van der Waals surface area (Å²) in [4.78, 5) is 25.0. The normalized spacial score (nSPS) is 23.8. The zero-order valence-electron chi connectivity index (χ0n) is 18.7. The predicted molar refractivity (Wildman–Crippen MR) is 113 cm³/mol. The van der Waals surface area contributed by atoms with Crippen LogP contribution in [0.2, 0.25) is 0 Å². The Bertz CT molecular complexity index is 742. The summed E-state index contributed by atoms with van der Waals surface area (Å²) >= 11 is 0. The summed E-state index contributed by atoms with van der Waals surface area (Å²) in [6.07, 6.45) is 2.83. The smallest absolute Gasteiger partial charge is 0.399 e. The summed E-state index contributed by atoms with van der Waals surface area (Å²) in [7, 11) is -0.517. The van der Waals surface area contributed by atoms with E-state index in [0.717, 1.165) is 11.9 Å². The largest absolute Gasteiger partial charge is 0.498 e. The highest BCUT2D eigenvalue weighted by Crippen LogP contribution is 2.36. The quantitative estimate of drug-likeness (QED) is 0.617. The van der Waals surface area contributed by atoms with Gasteiger partial charge >= 0.3 is 7.12 Å². The summed E-state index contributed by atoms with van der Waals surface area (Å²) in [5.74, 6) is 0.132. The molecule has 1 aromatic heterocycles. The number of anilines is 1. The van der Waals surface area contributed by atoms with Crippen LogP contribution >= 0.6 is 0 Å². The lowest BCUT2D eigenvalue weighted by atomic mass is 9.81. The molecule has 166 valence electrons.